The van der Waals surface area contributed by atoms with Gasteiger partial charge in [0.2, 0.25) is 0 Å². The molecule has 6 heteroatoms. The van der Waals surface area contributed by atoms with E-state index in [0.717, 1.165) is 17.0 Å². The first-order chi connectivity index (χ1) is 12.7. The summed E-state index contributed by atoms with van der Waals surface area (Å²) in [5.41, 5.74) is 2.39. The van der Waals surface area contributed by atoms with E-state index in [0.29, 0.717) is 31.7 Å². The van der Waals surface area contributed by atoms with Crippen molar-refractivity contribution in [1.82, 2.24) is 4.90 Å². The van der Waals surface area contributed by atoms with Crippen LogP contribution < -0.4 is 9.64 Å². The van der Waals surface area contributed by atoms with Crippen molar-refractivity contribution < 1.29 is 19.1 Å². The first kappa shape index (κ1) is 16.4. The van der Waals surface area contributed by atoms with E-state index >= 15 is 0 Å². The van der Waals surface area contributed by atoms with Gasteiger partial charge < -0.3 is 14.4 Å². The van der Waals surface area contributed by atoms with Crippen molar-refractivity contribution in [3.05, 3.63) is 59.7 Å². The van der Waals surface area contributed by atoms with Crippen LogP contribution in [0, 0.1) is 0 Å². The maximum Gasteiger partial charge on any atom is 0.414 e. The van der Waals surface area contributed by atoms with E-state index in [-0.39, 0.29) is 18.0 Å². The van der Waals surface area contributed by atoms with Crippen LogP contribution in [0.15, 0.2) is 48.5 Å². The predicted octanol–water partition coefficient (Wildman–Crippen LogP) is 3.07. The van der Waals surface area contributed by atoms with E-state index in [1.807, 2.05) is 29.2 Å². The molecule has 2 aliphatic rings. The number of hydrogen-bond donors (Lipinski definition) is 0. The molecule has 0 aromatic heterocycles. The number of para-hydroxylation sites is 1. The number of ether oxygens (including phenoxy) is 2. The van der Waals surface area contributed by atoms with Gasteiger partial charge in [-0.05, 0) is 42.3 Å². The van der Waals surface area contributed by atoms with Crippen molar-refractivity contribution in [3.63, 3.8) is 0 Å². The van der Waals surface area contributed by atoms with Crippen LogP contribution in [0.25, 0.3) is 0 Å². The lowest BCUT2D eigenvalue weighted by Gasteiger charge is -2.32. The number of amides is 2. The number of methoxy groups -OCH3 is 1. The lowest BCUT2D eigenvalue weighted by atomic mass is 10.0. The molecule has 26 heavy (non-hydrogen) atoms. The molecule has 1 fully saturated rings. The Labute approximate surface area is 151 Å². The number of carbonyl (C=O) groups is 2. The summed E-state index contributed by atoms with van der Waals surface area (Å²) in [6, 6.07) is 14.8. The Morgan fingerprint density at radius 1 is 1.15 bits per heavy atom. The fourth-order valence-corrected chi connectivity index (χ4v) is 3.53. The molecule has 2 aliphatic heterocycles. The zero-order valence-electron chi connectivity index (χ0n) is 14.6. The fourth-order valence-electron chi connectivity index (χ4n) is 3.53. The minimum Gasteiger partial charge on any atom is -0.497 e. The Bertz CT molecular complexity index is 834. The molecule has 0 spiro atoms. The molecule has 6 nitrogen and oxygen atoms in total. The van der Waals surface area contributed by atoms with E-state index in [4.69, 9.17) is 9.47 Å². The van der Waals surface area contributed by atoms with Gasteiger partial charge >= 0.3 is 6.09 Å². The zero-order chi connectivity index (χ0) is 18.1. The number of benzene rings is 2. The number of anilines is 1. The second-order valence-corrected chi connectivity index (χ2v) is 6.47. The van der Waals surface area contributed by atoms with Crippen molar-refractivity contribution >= 4 is 17.7 Å². The van der Waals surface area contributed by atoms with Gasteiger partial charge in [0.15, 0.2) is 0 Å². The van der Waals surface area contributed by atoms with Gasteiger partial charge in [-0.15, -0.1) is 0 Å². The Balaban J connectivity index is 1.65. The van der Waals surface area contributed by atoms with Crippen LogP contribution in [0.1, 0.15) is 22.3 Å². The Hall–Kier alpha value is -3.02. The monoisotopic (exact) mass is 352 g/mol. The summed E-state index contributed by atoms with van der Waals surface area (Å²) < 4.78 is 10.4. The first-order valence-corrected chi connectivity index (χ1v) is 8.64. The SMILES string of the molecule is COc1ccc(C(=O)N2CC[C@H]3COC(=O)N3c3ccccc3C2)cc1. The van der Waals surface area contributed by atoms with Gasteiger partial charge in [0.05, 0.1) is 18.8 Å². The molecule has 2 aromatic rings. The number of fused-ring (bicyclic) bond motifs is 3. The third kappa shape index (κ3) is 2.87. The maximum absolute atomic E-state index is 13.0. The number of carbonyl (C=O) groups excluding carboxylic acids is 2. The molecule has 0 radical (unpaired) electrons. The van der Waals surface area contributed by atoms with Crippen LogP contribution in [-0.4, -0.2) is 43.2 Å². The predicted molar refractivity (Wildman–Crippen MR) is 96.4 cm³/mol. The summed E-state index contributed by atoms with van der Waals surface area (Å²) in [6.07, 6.45) is 0.375. The molecule has 1 saturated heterocycles. The summed E-state index contributed by atoms with van der Waals surface area (Å²) in [5, 5.41) is 0. The summed E-state index contributed by atoms with van der Waals surface area (Å²) in [5.74, 6) is 0.693. The lowest BCUT2D eigenvalue weighted by molar-refractivity contribution is 0.0734. The smallest absolute Gasteiger partial charge is 0.414 e. The molecule has 0 aliphatic carbocycles. The van der Waals surface area contributed by atoms with E-state index < -0.39 is 0 Å². The van der Waals surface area contributed by atoms with E-state index in [2.05, 4.69) is 0 Å². The maximum atomic E-state index is 13.0. The third-order valence-electron chi connectivity index (χ3n) is 4.93. The molecule has 0 bridgehead atoms. The van der Waals surface area contributed by atoms with Crippen LogP contribution in [-0.2, 0) is 11.3 Å². The summed E-state index contributed by atoms with van der Waals surface area (Å²) in [7, 11) is 1.60. The molecule has 0 saturated carbocycles. The van der Waals surface area contributed by atoms with E-state index in [1.165, 1.54) is 0 Å². The molecule has 0 N–H and O–H groups in total. The average Bonchev–Trinajstić information content (AvgIpc) is 3.03. The van der Waals surface area contributed by atoms with Gasteiger partial charge in [-0.25, -0.2) is 4.79 Å². The number of rotatable bonds is 2. The van der Waals surface area contributed by atoms with Gasteiger partial charge in [-0.1, -0.05) is 18.2 Å². The zero-order valence-corrected chi connectivity index (χ0v) is 14.6. The van der Waals surface area contributed by atoms with Crippen molar-refractivity contribution in [2.45, 2.75) is 19.0 Å². The van der Waals surface area contributed by atoms with Crippen LogP contribution in [0.5, 0.6) is 5.75 Å². The molecule has 0 unspecified atom stereocenters. The normalized spacial score (nSPS) is 19.1. The first-order valence-electron chi connectivity index (χ1n) is 8.64. The van der Waals surface area contributed by atoms with E-state index in [9.17, 15) is 9.59 Å². The molecular weight excluding hydrogens is 332 g/mol. The van der Waals surface area contributed by atoms with Gasteiger partial charge in [0, 0.05) is 18.7 Å². The second kappa shape index (κ2) is 6.71. The number of hydrogen-bond acceptors (Lipinski definition) is 4. The van der Waals surface area contributed by atoms with Crippen molar-refractivity contribution in [2.75, 3.05) is 25.2 Å². The molecule has 4 rings (SSSR count). The quantitative estimate of drug-likeness (QED) is 0.833. The van der Waals surface area contributed by atoms with Crippen molar-refractivity contribution in [3.8, 4) is 5.75 Å². The lowest BCUT2D eigenvalue weighted by Crippen LogP contribution is -2.42. The largest absolute Gasteiger partial charge is 0.497 e. The second-order valence-electron chi connectivity index (χ2n) is 6.47. The highest BCUT2D eigenvalue weighted by molar-refractivity contribution is 5.95. The molecule has 2 aromatic carbocycles. The Kier molecular flexibility index (Phi) is 4.24. The summed E-state index contributed by atoms with van der Waals surface area (Å²) in [4.78, 5) is 28.7. The minimum absolute atomic E-state index is 0.0267. The van der Waals surface area contributed by atoms with Gasteiger partial charge in [-0.2, -0.15) is 0 Å². The number of cyclic esters (lactones) is 1. The standard InChI is InChI=1S/C20H20N2O4/c1-25-17-8-6-14(7-9-17)19(23)21-11-10-16-13-26-20(24)22(16)18-5-3-2-4-15(18)12-21/h2-9,16H,10-13H2,1H3/t16-/m0/s1. The van der Waals surface area contributed by atoms with E-state index in [1.54, 1.807) is 36.3 Å². The highest BCUT2D eigenvalue weighted by atomic mass is 16.6. The molecule has 134 valence electrons. The van der Waals surface area contributed by atoms with Crippen LogP contribution in [0.2, 0.25) is 0 Å². The van der Waals surface area contributed by atoms with Crippen molar-refractivity contribution in [1.29, 1.82) is 0 Å². The average molecular weight is 352 g/mol. The molecule has 1 atom stereocenters. The highest BCUT2D eigenvalue weighted by Gasteiger charge is 2.37. The summed E-state index contributed by atoms with van der Waals surface area (Å²) in [6.45, 7) is 1.38. The van der Waals surface area contributed by atoms with Crippen LogP contribution in [0.3, 0.4) is 0 Å². The molecular formula is C20H20N2O4. The third-order valence-corrected chi connectivity index (χ3v) is 4.93. The van der Waals surface area contributed by atoms with Crippen LogP contribution >= 0.6 is 0 Å². The Morgan fingerprint density at radius 3 is 2.69 bits per heavy atom. The highest BCUT2D eigenvalue weighted by Crippen LogP contribution is 2.31. The topological polar surface area (TPSA) is 59.1 Å². The summed E-state index contributed by atoms with van der Waals surface area (Å²) >= 11 is 0. The van der Waals surface area contributed by atoms with Gasteiger partial charge in [-0.3, -0.25) is 9.69 Å². The minimum atomic E-state index is -0.308. The fraction of sp³-hybridized carbons (Fsp3) is 0.300. The molecule has 2 amide bonds. The van der Waals surface area contributed by atoms with Crippen molar-refractivity contribution in [2.24, 2.45) is 0 Å². The van der Waals surface area contributed by atoms with Crippen LogP contribution in [0.4, 0.5) is 10.5 Å². The number of nitrogens with zero attached hydrogens (tertiary/aromatic N) is 2. The van der Waals surface area contributed by atoms with Gasteiger partial charge in [0.1, 0.15) is 12.4 Å². The Morgan fingerprint density at radius 2 is 1.92 bits per heavy atom. The molecule has 2 heterocycles. The van der Waals surface area contributed by atoms with Gasteiger partial charge in [0.25, 0.3) is 5.91 Å².